The fourth-order valence-electron chi connectivity index (χ4n) is 4.23. The summed E-state index contributed by atoms with van der Waals surface area (Å²) >= 11 is 1.38. The molecule has 0 saturated heterocycles. The highest BCUT2D eigenvalue weighted by molar-refractivity contribution is 8.00. The minimum absolute atomic E-state index is 0.0616. The average molecular weight is 412 g/mol. The van der Waals surface area contributed by atoms with Gasteiger partial charge in [-0.15, -0.1) is 10.2 Å². The van der Waals surface area contributed by atoms with Crippen molar-refractivity contribution in [3.05, 3.63) is 24.3 Å². The number of nitrogens with zero attached hydrogens (tertiary/aromatic N) is 4. The van der Waals surface area contributed by atoms with Crippen LogP contribution >= 0.6 is 11.8 Å². The lowest BCUT2D eigenvalue weighted by Gasteiger charge is -2.30. The molecule has 2 heterocycles. The van der Waals surface area contributed by atoms with Crippen molar-refractivity contribution in [3.63, 3.8) is 0 Å². The van der Waals surface area contributed by atoms with Crippen LogP contribution in [0.15, 0.2) is 29.4 Å². The molecular formula is C22H29N5OS. The lowest BCUT2D eigenvalue weighted by Crippen LogP contribution is -2.44. The SMILES string of the molecule is CCCn1c2ccccc2c2nnc(SC(C)C(=O)NC3CCCCC3C)nc21. The molecule has 29 heavy (non-hydrogen) atoms. The Balaban J connectivity index is 1.55. The highest BCUT2D eigenvalue weighted by Gasteiger charge is 2.26. The number of aryl methyl sites for hydroxylation is 1. The predicted octanol–water partition coefficient (Wildman–Crippen LogP) is 4.57. The molecule has 3 unspecified atom stereocenters. The third-order valence-corrected chi connectivity index (χ3v) is 6.84. The summed E-state index contributed by atoms with van der Waals surface area (Å²) in [5.41, 5.74) is 2.80. The number of para-hydroxylation sites is 1. The first kappa shape index (κ1) is 20.1. The van der Waals surface area contributed by atoms with Gasteiger partial charge in [0.2, 0.25) is 11.1 Å². The molecule has 4 rings (SSSR count). The lowest BCUT2D eigenvalue weighted by atomic mass is 9.86. The van der Waals surface area contributed by atoms with Crippen molar-refractivity contribution < 1.29 is 4.79 Å². The van der Waals surface area contributed by atoms with Gasteiger partial charge in [0.1, 0.15) is 5.52 Å². The van der Waals surface area contributed by atoms with Crippen LogP contribution in [0.1, 0.15) is 52.9 Å². The fourth-order valence-corrected chi connectivity index (χ4v) is 4.95. The molecule has 1 aliphatic carbocycles. The highest BCUT2D eigenvalue weighted by atomic mass is 32.2. The van der Waals surface area contributed by atoms with Gasteiger partial charge >= 0.3 is 0 Å². The molecule has 3 aromatic rings. The van der Waals surface area contributed by atoms with Gasteiger partial charge in [-0.2, -0.15) is 0 Å². The highest BCUT2D eigenvalue weighted by Crippen LogP contribution is 2.29. The van der Waals surface area contributed by atoms with Crippen LogP contribution in [0.4, 0.5) is 0 Å². The van der Waals surface area contributed by atoms with Gasteiger partial charge in [0, 0.05) is 18.0 Å². The average Bonchev–Trinajstić information content (AvgIpc) is 3.03. The number of carbonyl (C=O) groups excluding carboxylic acids is 1. The Morgan fingerprint density at radius 1 is 1.28 bits per heavy atom. The summed E-state index contributed by atoms with van der Waals surface area (Å²) < 4.78 is 2.21. The number of amides is 1. The summed E-state index contributed by atoms with van der Waals surface area (Å²) in [6.45, 7) is 7.18. The van der Waals surface area contributed by atoms with E-state index in [1.807, 2.05) is 19.1 Å². The second kappa shape index (κ2) is 8.69. The maximum atomic E-state index is 12.7. The van der Waals surface area contributed by atoms with Gasteiger partial charge in [-0.05, 0) is 38.2 Å². The van der Waals surface area contributed by atoms with Gasteiger partial charge in [-0.3, -0.25) is 4.79 Å². The molecule has 2 aromatic heterocycles. The molecule has 1 fully saturated rings. The number of fused-ring (bicyclic) bond motifs is 3. The summed E-state index contributed by atoms with van der Waals surface area (Å²) in [5.74, 6) is 0.607. The molecule has 0 radical (unpaired) electrons. The Bertz CT molecular complexity index is 1020. The van der Waals surface area contributed by atoms with E-state index in [2.05, 4.69) is 46.1 Å². The maximum absolute atomic E-state index is 12.7. The Labute approximate surface area is 175 Å². The number of thioether (sulfide) groups is 1. The monoisotopic (exact) mass is 411 g/mol. The van der Waals surface area contributed by atoms with Crippen LogP contribution in [-0.2, 0) is 11.3 Å². The first-order valence-corrected chi connectivity index (χ1v) is 11.5. The van der Waals surface area contributed by atoms with Crippen LogP contribution < -0.4 is 5.32 Å². The van der Waals surface area contributed by atoms with Crippen LogP contribution in [0, 0.1) is 5.92 Å². The number of hydrogen-bond acceptors (Lipinski definition) is 5. The van der Waals surface area contributed by atoms with Crippen molar-refractivity contribution in [2.45, 2.75) is 75.9 Å². The van der Waals surface area contributed by atoms with E-state index in [-0.39, 0.29) is 17.2 Å². The van der Waals surface area contributed by atoms with Crippen molar-refractivity contribution in [2.24, 2.45) is 5.92 Å². The number of nitrogens with one attached hydrogen (secondary N) is 1. The van der Waals surface area contributed by atoms with E-state index in [9.17, 15) is 4.79 Å². The van der Waals surface area contributed by atoms with Crippen molar-refractivity contribution in [2.75, 3.05) is 0 Å². The largest absolute Gasteiger partial charge is 0.352 e. The van der Waals surface area contributed by atoms with E-state index < -0.39 is 0 Å². The standard InChI is InChI=1S/C22H29N5OS/c1-4-13-27-18-12-8-6-10-16(18)19-20(27)24-22(26-25-19)29-15(3)21(28)23-17-11-7-5-9-14(17)2/h6,8,10,12,14-15,17H,4-5,7,9,11,13H2,1-3H3,(H,23,28). The smallest absolute Gasteiger partial charge is 0.233 e. The number of carbonyl (C=O) groups is 1. The zero-order valence-electron chi connectivity index (χ0n) is 17.4. The summed E-state index contributed by atoms with van der Waals surface area (Å²) in [4.78, 5) is 17.5. The quantitative estimate of drug-likeness (QED) is 0.602. The van der Waals surface area contributed by atoms with E-state index >= 15 is 0 Å². The normalized spacial score (nSPS) is 20.8. The summed E-state index contributed by atoms with van der Waals surface area (Å²) in [7, 11) is 0. The van der Waals surface area contributed by atoms with Gasteiger partial charge in [0.15, 0.2) is 5.65 Å². The van der Waals surface area contributed by atoms with E-state index in [0.717, 1.165) is 41.5 Å². The summed E-state index contributed by atoms with van der Waals surface area (Å²) in [6, 6.07) is 8.50. The molecule has 154 valence electrons. The zero-order chi connectivity index (χ0) is 20.4. The lowest BCUT2D eigenvalue weighted by molar-refractivity contribution is -0.121. The molecule has 1 aromatic carbocycles. The Morgan fingerprint density at radius 3 is 2.86 bits per heavy atom. The van der Waals surface area contributed by atoms with Crippen LogP contribution in [0.25, 0.3) is 22.1 Å². The van der Waals surface area contributed by atoms with Crippen LogP contribution in [0.5, 0.6) is 0 Å². The second-order valence-corrected chi connectivity index (χ2v) is 9.38. The summed E-state index contributed by atoms with van der Waals surface area (Å²) in [5, 5.41) is 13.4. The van der Waals surface area contributed by atoms with Crippen LogP contribution in [0.3, 0.4) is 0 Å². The number of hydrogen-bond donors (Lipinski definition) is 1. The van der Waals surface area contributed by atoms with Gasteiger partial charge in [0.25, 0.3) is 0 Å². The first-order valence-electron chi connectivity index (χ1n) is 10.7. The van der Waals surface area contributed by atoms with Crippen molar-refractivity contribution >= 4 is 39.7 Å². The molecule has 1 saturated carbocycles. The molecule has 1 N–H and O–H groups in total. The molecular weight excluding hydrogens is 382 g/mol. The van der Waals surface area contributed by atoms with Gasteiger partial charge < -0.3 is 9.88 Å². The molecule has 3 atom stereocenters. The number of benzene rings is 1. The predicted molar refractivity (Wildman–Crippen MR) is 118 cm³/mol. The van der Waals surface area contributed by atoms with Crippen molar-refractivity contribution in [1.82, 2.24) is 25.1 Å². The van der Waals surface area contributed by atoms with E-state index in [0.29, 0.717) is 11.1 Å². The fraction of sp³-hybridized carbons (Fsp3) is 0.545. The van der Waals surface area contributed by atoms with Crippen LogP contribution in [0.2, 0.25) is 0 Å². The molecule has 0 spiro atoms. The van der Waals surface area contributed by atoms with Crippen LogP contribution in [-0.4, -0.2) is 36.9 Å². The molecule has 1 amide bonds. The molecule has 7 heteroatoms. The third-order valence-electron chi connectivity index (χ3n) is 5.89. The molecule has 1 aliphatic rings. The number of rotatable bonds is 6. The Morgan fingerprint density at radius 2 is 2.07 bits per heavy atom. The minimum Gasteiger partial charge on any atom is -0.352 e. The minimum atomic E-state index is -0.257. The maximum Gasteiger partial charge on any atom is 0.233 e. The van der Waals surface area contributed by atoms with E-state index in [1.54, 1.807) is 0 Å². The zero-order valence-corrected chi connectivity index (χ0v) is 18.2. The van der Waals surface area contributed by atoms with E-state index in [4.69, 9.17) is 4.98 Å². The van der Waals surface area contributed by atoms with Gasteiger partial charge in [-0.1, -0.05) is 56.7 Å². The van der Waals surface area contributed by atoms with Gasteiger partial charge in [0.05, 0.1) is 10.8 Å². The molecule has 6 nitrogen and oxygen atoms in total. The van der Waals surface area contributed by atoms with E-state index in [1.165, 1.54) is 31.0 Å². The summed E-state index contributed by atoms with van der Waals surface area (Å²) in [6.07, 6.45) is 5.74. The second-order valence-electron chi connectivity index (χ2n) is 8.07. The Kier molecular flexibility index (Phi) is 6.04. The van der Waals surface area contributed by atoms with Crippen molar-refractivity contribution in [3.8, 4) is 0 Å². The Hall–Kier alpha value is -2.15. The molecule has 0 bridgehead atoms. The number of aromatic nitrogens is 4. The topological polar surface area (TPSA) is 72.7 Å². The third kappa shape index (κ3) is 4.10. The molecule has 0 aliphatic heterocycles. The van der Waals surface area contributed by atoms with Gasteiger partial charge in [-0.25, -0.2) is 4.98 Å². The first-order chi connectivity index (χ1) is 14.1. The van der Waals surface area contributed by atoms with Crippen molar-refractivity contribution in [1.29, 1.82) is 0 Å².